The third-order valence-corrected chi connectivity index (χ3v) is 4.29. The second-order valence-corrected chi connectivity index (χ2v) is 5.87. The lowest BCUT2D eigenvalue weighted by atomic mass is 9.92. The summed E-state index contributed by atoms with van der Waals surface area (Å²) < 4.78 is 0. The first kappa shape index (κ1) is 14.6. The third kappa shape index (κ3) is 2.91. The normalized spacial score (nSPS) is 19.8. The Bertz CT molecular complexity index is 852. The zero-order valence-electron chi connectivity index (χ0n) is 13.3. The fraction of sp³-hybridized carbons (Fsp3) is 0.0909. The molecule has 1 aliphatic heterocycles. The molecule has 2 atom stereocenters. The van der Waals surface area contributed by atoms with Crippen LogP contribution in [0.4, 0.5) is 0 Å². The summed E-state index contributed by atoms with van der Waals surface area (Å²) in [6.07, 6.45) is 1.91. The Kier molecular flexibility index (Phi) is 4.03. The van der Waals surface area contributed by atoms with E-state index in [-0.39, 0.29) is 12.1 Å². The molecule has 0 N–H and O–H groups in total. The molecule has 0 saturated carbocycles. The predicted molar refractivity (Wildman–Crippen MR) is 99.8 cm³/mol. The molecule has 0 amide bonds. The van der Waals surface area contributed by atoms with E-state index in [1.807, 2.05) is 36.5 Å². The molecular formula is C22H18N2. The topological polar surface area (TPSA) is 24.7 Å². The maximum atomic E-state index is 5.05. The van der Waals surface area contributed by atoms with E-state index in [1.165, 1.54) is 11.1 Å². The van der Waals surface area contributed by atoms with E-state index in [0.717, 1.165) is 11.3 Å². The van der Waals surface area contributed by atoms with Crippen molar-refractivity contribution in [1.29, 1.82) is 0 Å². The van der Waals surface area contributed by atoms with Crippen molar-refractivity contribution in [2.24, 2.45) is 9.98 Å². The van der Waals surface area contributed by atoms with Crippen LogP contribution < -0.4 is 0 Å². The van der Waals surface area contributed by atoms with Crippen LogP contribution in [-0.4, -0.2) is 11.9 Å². The Balaban J connectivity index is 1.78. The SMILES string of the molecule is C1=N[C@@H](c2ccccc2)[C@H](c2ccccc2)N=C1c1ccccc1. The fourth-order valence-corrected chi connectivity index (χ4v) is 3.07. The van der Waals surface area contributed by atoms with Crippen LogP contribution in [0.15, 0.2) is 101 Å². The second-order valence-electron chi connectivity index (χ2n) is 5.87. The summed E-state index contributed by atoms with van der Waals surface area (Å²) in [7, 11) is 0. The van der Waals surface area contributed by atoms with E-state index in [2.05, 4.69) is 60.7 Å². The van der Waals surface area contributed by atoms with E-state index < -0.39 is 0 Å². The van der Waals surface area contributed by atoms with Crippen molar-refractivity contribution in [1.82, 2.24) is 0 Å². The average Bonchev–Trinajstić information content (AvgIpc) is 2.69. The Morgan fingerprint density at radius 1 is 0.542 bits per heavy atom. The molecule has 2 nitrogen and oxygen atoms in total. The zero-order chi connectivity index (χ0) is 16.2. The van der Waals surface area contributed by atoms with Crippen LogP contribution in [0, 0.1) is 0 Å². The number of hydrogen-bond donors (Lipinski definition) is 0. The minimum absolute atomic E-state index is 0.00574. The van der Waals surface area contributed by atoms with Gasteiger partial charge in [-0.2, -0.15) is 0 Å². The summed E-state index contributed by atoms with van der Waals surface area (Å²) in [6, 6.07) is 31.1. The van der Waals surface area contributed by atoms with Gasteiger partial charge in [0.05, 0.1) is 5.71 Å². The molecule has 0 saturated heterocycles. The van der Waals surface area contributed by atoms with Crippen LogP contribution in [0.5, 0.6) is 0 Å². The van der Waals surface area contributed by atoms with Gasteiger partial charge in [0.25, 0.3) is 0 Å². The number of nitrogens with zero attached hydrogens (tertiary/aromatic N) is 2. The molecule has 0 aromatic heterocycles. The van der Waals surface area contributed by atoms with Crippen LogP contribution in [0.1, 0.15) is 28.8 Å². The third-order valence-electron chi connectivity index (χ3n) is 4.29. The summed E-state index contributed by atoms with van der Waals surface area (Å²) in [5, 5.41) is 0. The van der Waals surface area contributed by atoms with Gasteiger partial charge in [-0.25, -0.2) is 0 Å². The highest BCUT2D eigenvalue weighted by Crippen LogP contribution is 2.37. The molecular weight excluding hydrogens is 292 g/mol. The molecule has 24 heavy (non-hydrogen) atoms. The highest BCUT2D eigenvalue weighted by atomic mass is 15.0. The Morgan fingerprint density at radius 2 is 1.04 bits per heavy atom. The van der Waals surface area contributed by atoms with Crippen LogP contribution in [0.3, 0.4) is 0 Å². The molecule has 3 aromatic rings. The van der Waals surface area contributed by atoms with Gasteiger partial charge in [-0.15, -0.1) is 0 Å². The average molecular weight is 310 g/mol. The Labute approximate surface area is 142 Å². The van der Waals surface area contributed by atoms with Gasteiger partial charge in [-0.05, 0) is 11.1 Å². The highest BCUT2D eigenvalue weighted by Gasteiger charge is 2.26. The summed E-state index contributed by atoms with van der Waals surface area (Å²) in [5.74, 6) is 0. The molecule has 0 radical (unpaired) electrons. The molecule has 0 aliphatic carbocycles. The smallest absolute Gasteiger partial charge is 0.102 e. The Morgan fingerprint density at radius 3 is 1.62 bits per heavy atom. The first-order chi connectivity index (χ1) is 11.9. The first-order valence-corrected chi connectivity index (χ1v) is 8.18. The first-order valence-electron chi connectivity index (χ1n) is 8.18. The predicted octanol–water partition coefficient (Wildman–Crippen LogP) is 5.04. The molecule has 4 rings (SSSR count). The van der Waals surface area contributed by atoms with Gasteiger partial charge in [0.1, 0.15) is 12.1 Å². The Hall–Kier alpha value is -3.00. The minimum atomic E-state index is -0.00574. The number of aliphatic imine (C=N–C) groups is 2. The molecule has 1 aliphatic rings. The summed E-state index contributed by atoms with van der Waals surface area (Å²) in [6.45, 7) is 0. The monoisotopic (exact) mass is 310 g/mol. The minimum Gasteiger partial charge on any atom is -0.280 e. The van der Waals surface area contributed by atoms with Crippen LogP contribution in [-0.2, 0) is 0 Å². The number of hydrogen-bond acceptors (Lipinski definition) is 2. The molecule has 2 heteroatoms. The van der Waals surface area contributed by atoms with Gasteiger partial charge in [0.2, 0.25) is 0 Å². The van der Waals surface area contributed by atoms with Crippen molar-refractivity contribution >= 4 is 11.9 Å². The van der Waals surface area contributed by atoms with Crippen LogP contribution >= 0.6 is 0 Å². The van der Waals surface area contributed by atoms with Gasteiger partial charge in [-0.3, -0.25) is 9.98 Å². The molecule has 0 unspecified atom stereocenters. The van der Waals surface area contributed by atoms with Crippen molar-refractivity contribution in [3.63, 3.8) is 0 Å². The maximum Gasteiger partial charge on any atom is 0.102 e. The van der Waals surface area contributed by atoms with E-state index in [4.69, 9.17) is 9.98 Å². The van der Waals surface area contributed by atoms with E-state index in [9.17, 15) is 0 Å². The largest absolute Gasteiger partial charge is 0.280 e. The molecule has 1 heterocycles. The van der Waals surface area contributed by atoms with Crippen molar-refractivity contribution in [2.75, 3.05) is 0 Å². The fourth-order valence-electron chi connectivity index (χ4n) is 3.07. The molecule has 0 bridgehead atoms. The van der Waals surface area contributed by atoms with Crippen LogP contribution in [0.2, 0.25) is 0 Å². The van der Waals surface area contributed by atoms with Crippen molar-refractivity contribution in [3.05, 3.63) is 108 Å². The molecule has 0 spiro atoms. The lowest BCUT2D eigenvalue weighted by molar-refractivity contribution is 0.577. The van der Waals surface area contributed by atoms with Gasteiger partial charge in [0, 0.05) is 11.8 Å². The highest BCUT2D eigenvalue weighted by molar-refractivity contribution is 6.38. The molecule has 0 fully saturated rings. The van der Waals surface area contributed by atoms with Crippen molar-refractivity contribution < 1.29 is 0 Å². The lowest BCUT2D eigenvalue weighted by Gasteiger charge is -2.26. The number of rotatable bonds is 3. The van der Waals surface area contributed by atoms with E-state index >= 15 is 0 Å². The van der Waals surface area contributed by atoms with Gasteiger partial charge in [0.15, 0.2) is 0 Å². The van der Waals surface area contributed by atoms with Gasteiger partial charge in [-0.1, -0.05) is 91.0 Å². The maximum absolute atomic E-state index is 5.05. The second kappa shape index (κ2) is 6.63. The summed E-state index contributed by atoms with van der Waals surface area (Å²) in [4.78, 5) is 9.91. The lowest BCUT2D eigenvalue weighted by Crippen LogP contribution is -2.18. The molecule has 3 aromatic carbocycles. The van der Waals surface area contributed by atoms with E-state index in [0.29, 0.717) is 0 Å². The van der Waals surface area contributed by atoms with E-state index in [1.54, 1.807) is 0 Å². The zero-order valence-corrected chi connectivity index (χ0v) is 13.3. The summed E-state index contributed by atoms with van der Waals surface area (Å²) in [5.41, 5.74) is 4.43. The van der Waals surface area contributed by atoms with Crippen LogP contribution in [0.25, 0.3) is 0 Å². The summed E-state index contributed by atoms with van der Waals surface area (Å²) >= 11 is 0. The van der Waals surface area contributed by atoms with Gasteiger partial charge >= 0.3 is 0 Å². The number of benzene rings is 3. The van der Waals surface area contributed by atoms with Crippen molar-refractivity contribution in [2.45, 2.75) is 12.1 Å². The quantitative estimate of drug-likeness (QED) is 0.647. The van der Waals surface area contributed by atoms with Crippen molar-refractivity contribution in [3.8, 4) is 0 Å². The molecule has 116 valence electrons. The standard InChI is InChI=1S/C22H18N2/c1-4-10-17(11-5-1)20-16-23-21(18-12-6-2-7-13-18)22(24-20)19-14-8-3-9-15-19/h1-16,21-22H/t21-,22-/m0/s1. The van der Waals surface area contributed by atoms with Gasteiger partial charge < -0.3 is 0 Å².